The number of piperidine rings is 1. The number of hydrogen-bond acceptors (Lipinski definition) is 10. The Balaban J connectivity index is 0.000000625. The Kier molecular flexibility index (Phi) is 18.4. The van der Waals surface area contributed by atoms with Gasteiger partial charge in [0.1, 0.15) is 17.3 Å². The predicted octanol–water partition coefficient (Wildman–Crippen LogP) is 1.70. The summed E-state index contributed by atoms with van der Waals surface area (Å²) in [5.74, 6) is 0.463. The molecule has 2 aromatic rings. The summed E-state index contributed by atoms with van der Waals surface area (Å²) < 4.78 is 51.0. The summed E-state index contributed by atoms with van der Waals surface area (Å²) in [5, 5.41) is 9.26. The second-order valence-corrected chi connectivity index (χ2v) is 14.8. The first-order valence-corrected chi connectivity index (χ1v) is 17.7. The molecule has 1 heterocycles. The Bertz CT molecular complexity index is 1370. The predicted molar refractivity (Wildman–Crippen MR) is 175 cm³/mol. The molecule has 0 aromatic heterocycles. The van der Waals surface area contributed by atoms with Gasteiger partial charge in [-0.05, 0) is 56.1 Å². The van der Waals surface area contributed by atoms with Gasteiger partial charge < -0.3 is 60.6 Å². The fourth-order valence-electron chi connectivity index (χ4n) is 4.56. The van der Waals surface area contributed by atoms with Crippen molar-refractivity contribution < 1.29 is 57.2 Å². The van der Waals surface area contributed by atoms with Crippen molar-refractivity contribution in [2.24, 2.45) is 5.73 Å². The molecule has 1 fully saturated rings. The fourth-order valence-corrected chi connectivity index (χ4v) is 6.98. The topological polar surface area (TPSA) is 247 Å². The molecule has 3 rings (SSSR count). The van der Waals surface area contributed by atoms with Crippen LogP contribution in [0.15, 0.2) is 36.4 Å². The first kappa shape index (κ1) is 43.7. The molecule has 47 heavy (non-hydrogen) atoms. The summed E-state index contributed by atoms with van der Waals surface area (Å²) in [7, 11) is -7.48. The van der Waals surface area contributed by atoms with Crippen LogP contribution in [0.5, 0.6) is 11.5 Å². The number of likely N-dealkylation sites (tertiary alicyclic amines) is 1. The molecule has 0 aliphatic carbocycles. The summed E-state index contributed by atoms with van der Waals surface area (Å²) in [6, 6.07) is 8.92. The van der Waals surface area contributed by atoms with E-state index in [-0.39, 0.29) is 66.4 Å². The van der Waals surface area contributed by atoms with E-state index in [1.807, 2.05) is 0 Å². The number of methoxy groups -OCH3 is 2. The average Bonchev–Trinajstić information content (AvgIpc) is 2.99. The molecule has 2 aromatic carbocycles. The number of anilines is 1. The number of benzene rings is 2. The summed E-state index contributed by atoms with van der Waals surface area (Å²) in [6.07, 6.45) is 0.561. The first-order valence-electron chi connectivity index (χ1n) is 14.1. The van der Waals surface area contributed by atoms with Crippen LogP contribution in [0.25, 0.3) is 0 Å². The number of rotatable bonds is 14. The molecule has 0 spiro atoms. The van der Waals surface area contributed by atoms with Gasteiger partial charge in [-0.25, -0.2) is 4.39 Å². The molecule has 0 saturated carbocycles. The van der Waals surface area contributed by atoms with E-state index >= 15 is 0 Å². The van der Waals surface area contributed by atoms with Crippen LogP contribution in [0.4, 0.5) is 10.1 Å². The molecule has 2 atom stereocenters. The molecule has 1 amide bonds. The number of halogens is 2. The summed E-state index contributed by atoms with van der Waals surface area (Å²) in [6.45, 7) is 2.85. The van der Waals surface area contributed by atoms with Crippen LogP contribution in [0, 0.1) is 5.82 Å². The molecular formula is C27H42ClFN4NaO11P2. The number of amides is 1. The van der Waals surface area contributed by atoms with E-state index in [2.05, 4.69) is 10.2 Å². The van der Waals surface area contributed by atoms with Gasteiger partial charge in [0.2, 0.25) is 0 Å². The maximum Gasteiger partial charge on any atom is 0.369 e. The van der Waals surface area contributed by atoms with Gasteiger partial charge in [-0.1, -0.05) is 11.6 Å². The minimum atomic E-state index is -5.30. The number of ether oxygens (including phenoxy) is 3. The number of aliphatic hydroxyl groups is 1. The number of nitrogens with one attached hydrogen (secondary N) is 1. The maximum absolute atomic E-state index is 12.9. The van der Waals surface area contributed by atoms with E-state index < -0.39 is 26.7 Å². The monoisotopic (exact) mass is 737 g/mol. The van der Waals surface area contributed by atoms with Crippen molar-refractivity contribution in [3.05, 3.63) is 52.8 Å². The van der Waals surface area contributed by atoms with Gasteiger partial charge in [0.05, 0.1) is 42.1 Å². The van der Waals surface area contributed by atoms with Crippen molar-refractivity contribution in [3.63, 3.8) is 0 Å². The van der Waals surface area contributed by atoms with Crippen LogP contribution in [0.3, 0.4) is 0 Å². The van der Waals surface area contributed by atoms with Crippen LogP contribution in [0.2, 0.25) is 5.02 Å². The molecule has 0 bridgehead atoms. The van der Waals surface area contributed by atoms with E-state index in [0.717, 1.165) is 25.9 Å². The van der Waals surface area contributed by atoms with Gasteiger partial charge in [0, 0.05) is 68.8 Å². The van der Waals surface area contributed by atoms with E-state index in [4.69, 9.17) is 56.9 Å². The zero-order valence-corrected chi connectivity index (χ0v) is 31.0. The van der Waals surface area contributed by atoms with Gasteiger partial charge in [-0.15, -0.1) is 0 Å². The molecule has 1 aliphatic heterocycles. The molecule has 261 valence electrons. The van der Waals surface area contributed by atoms with E-state index in [9.17, 15) is 23.4 Å². The largest absolute Gasteiger partial charge is 0.496 e. The number of nitrogen functional groups attached to an aromatic ring is 1. The molecule has 1 radical (unpaired) electrons. The van der Waals surface area contributed by atoms with Gasteiger partial charge >= 0.3 is 15.2 Å². The number of carbonyl (C=O) groups excluding carboxylic acids is 1. The Morgan fingerprint density at radius 1 is 1.13 bits per heavy atom. The van der Waals surface area contributed by atoms with Crippen molar-refractivity contribution in [2.45, 2.75) is 42.9 Å². The Morgan fingerprint density at radius 2 is 1.74 bits per heavy atom. The van der Waals surface area contributed by atoms with Gasteiger partial charge in [0.15, 0.2) is 0 Å². The Morgan fingerprint density at radius 3 is 2.28 bits per heavy atom. The molecule has 2 unspecified atom stereocenters. The zero-order chi connectivity index (χ0) is 34.7. The summed E-state index contributed by atoms with van der Waals surface area (Å²) in [5.41, 5.74) is 11.5. The van der Waals surface area contributed by atoms with Crippen molar-refractivity contribution in [2.75, 3.05) is 52.7 Å². The maximum atomic E-state index is 12.9. The minimum absolute atomic E-state index is 0. The van der Waals surface area contributed by atoms with Crippen molar-refractivity contribution in [1.82, 2.24) is 10.2 Å². The second kappa shape index (κ2) is 19.8. The van der Waals surface area contributed by atoms with E-state index in [1.165, 1.54) is 25.3 Å². The van der Waals surface area contributed by atoms with Gasteiger partial charge in [-0.2, -0.15) is 0 Å². The third kappa shape index (κ3) is 12.8. The van der Waals surface area contributed by atoms with Crippen LogP contribution in [-0.4, -0.2) is 129 Å². The van der Waals surface area contributed by atoms with Crippen LogP contribution < -0.4 is 26.3 Å². The first-order chi connectivity index (χ1) is 21.5. The summed E-state index contributed by atoms with van der Waals surface area (Å²) in [4.78, 5) is 49.7. The molecule has 15 nitrogen and oxygen atoms in total. The minimum Gasteiger partial charge on any atom is -0.496 e. The van der Waals surface area contributed by atoms with Crippen molar-refractivity contribution in [3.8, 4) is 11.5 Å². The molecule has 10 N–H and O–H groups in total. The zero-order valence-electron chi connectivity index (χ0n) is 26.4. The third-order valence-electron chi connectivity index (χ3n) is 7.18. The number of nitrogens with zero attached hydrogens (tertiary/aromatic N) is 1. The average molecular weight is 738 g/mol. The number of carbonyl (C=O) groups is 1. The fraction of sp³-hybridized carbons (Fsp3) is 0.519. The Labute approximate surface area is 299 Å². The molecule has 1 aliphatic rings. The van der Waals surface area contributed by atoms with E-state index in [0.29, 0.717) is 40.9 Å². The SMILES string of the molecule is COc1cc(N)c(Cl)cc1C(=O)NC1CCN(CCCOc2ccc(F)cc2)CC1OC.NCCCC(O)(P(=O)(O)O)P(=O)(O)O.[Na]. The van der Waals surface area contributed by atoms with Crippen LogP contribution in [0.1, 0.15) is 36.0 Å². The standard InChI is InChI=1S/C23H29ClFN3O4.C4H13NO7P2.Na/c1-30-21-13-19(26)18(24)12-17(21)23(29)27-20-8-10-28(14-22(20)31-2)9-3-11-32-16-6-4-15(25)5-7-16;5-3-1-2-4(6,13(7,8)9)14(10,11)12;/h4-7,12-13,20,22H,3,8-11,14,26H2,1-2H3,(H,27,29);6H,1-3,5H2,(H2,7,8,9)(H2,10,11,12);. The van der Waals surface area contributed by atoms with Crippen molar-refractivity contribution >= 4 is 67.9 Å². The van der Waals surface area contributed by atoms with E-state index in [1.54, 1.807) is 25.3 Å². The molecular weight excluding hydrogens is 696 g/mol. The van der Waals surface area contributed by atoms with Crippen LogP contribution in [-0.2, 0) is 13.9 Å². The Hall–Kier alpha value is -1.33. The second-order valence-electron chi connectivity index (χ2n) is 10.4. The number of nitrogens with two attached hydrogens (primary N) is 2. The molecule has 1 saturated heterocycles. The third-order valence-corrected chi connectivity index (χ3v) is 11.4. The van der Waals surface area contributed by atoms with Gasteiger partial charge in [0.25, 0.3) is 11.0 Å². The number of hydrogen-bond donors (Lipinski definition) is 8. The molecule has 20 heteroatoms. The quantitative estimate of drug-likeness (QED) is 0.0595. The normalized spacial score (nSPS) is 17.1. The summed E-state index contributed by atoms with van der Waals surface area (Å²) >= 11 is 6.09. The smallest absolute Gasteiger partial charge is 0.369 e. The van der Waals surface area contributed by atoms with Crippen molar-refractivity contribution in [1.29, 1.82) is 0 Å². The van der Waals surface area contributed by atoms with Gasteiger partial charge in [-0.3, -0.25) is 13.9 Å². The van der Waals surface area contributed by atoms with Crippen LogP contribution >= 0.6 is 26.8 Å².